The van der Waals surface area contributed by atoms with Gasteiger partial charge in [-0.15, -0.1) is 10.2 Å². The lowest BCUT2D eigenvalue weighted by Crippen LogP contribution is -2.00. The molecule has 118 valence electrons. The summed E-state index contributed by atoms with van der Waals surface area (Å²) >= 11 is 0. The largest absolute Gasteiger partial charge is 0.464 e. The van der Waals surface area contributed by atoms with Crippen molar-refractivity contribution < 1.29 is 4.42 Å². The molecule has 0 aromatic carbocycles. The fourth-order valence-corrected chi connectivity index (χ4v) is 2.80. The van der Waals surface area contributed by atoms with Gasteiger partial charge in [-0.25, -0.2) is 0 Å². The molecule has 3 heterocycles. The van der Waals surface area contributed by atoms with E-state index in [0.29, 0.717) is 12.5 Å². The Labute approximate surface area is 134 Å². The van der Waals surface area contributed by atoms with E-state index in [1.165, 1.54) is 6.42 Å². The molecule has 4 rings (SSSR count). The van der Waals surface area contributed by atoms with Crippen molar-refractivity contribution in [1.29, 1.82) is 0 Å². The van der Waals surface area contributed by atoms with Crippen molar-refractivity contribution in [3.05, 3.63) is 48.4 Å². The summed E-state index contributed by atoms with van der Waals surface area (Å²) in [6.07, 6.45) is 6.50. The zero-order valence-corrected chi connectivity index (χ0v) is 13.2. The average Bonchev–Trinajstić information content (AvgIpc) is 2.96. The van der Waals surface area contributed by atoms with Gasteiger partial charge in [0.05, 0.1) is 12.2 Å². The van der Waals surface area contributed by atoms with Crippen LogP contribution in [0.4, 0.5) is 5.69 Å². The molecule has 6 nitrogen and oxygen atoms in total. The summed E-state index contributed by atoms with van der Waals surface area (Å²) in [5.74, 6) is 4.23. The van der Waals surface area contributed by atoms with Crippen LogP contribution in [-0.2, 0) is 13.6 Å². The Morgan fingerprint density at radius 3 is 2.96 bits per heavy atom. The normalized spacial score (nSPS) is 19.7. The summed E-state index contributed by atoms with van der Waals surface area (Å²) in [7, 11) is 1.92. The number of anilines is 1. The monoisotopic (exact) mass is 309 g/mol. The summed E-state index contributed by atoms with van der Waals surface area (Å²) in [4.78, 5) is 4.27. The van der Waals surface area contributed by atoms with Crippen LogP contribution in [0, 0.1) is 5.92 Å². The van der Waals surface area contributed by atoms with E-state index in [1.807, 2.05) is 23.7 Å². The van der Waals surface area contributed by atoms with Crippen LogP contribution in [0.15, 0.2) is 41.3 Å². The summed E-state index contributed by atoms with van der Waals surface area (Å²) in [5.41, 5.74) is 1.87. The summed E-state index contributed by atoms with van der Waals surface area (Å²) in [5, 5.41) is 11.4. The number of aryl methyl sites for hydroxylation is 1. The fourth-order valence-electron chi connectivity index (χ4n) is 2.80. The SMILES string of the molecule is C[C@@H]1C[C@H]1c1ccc(CNc2cncc(-c3nncn3C)c2)o1. The van der Waals surface area contributed by atoms with Gasteiger partial charge in [0.2, 0.25) is 0 Å². The van der Waals surface area contributed by atoms with Crippen molar-refractivity contribution in [3.63, 3.8) is 0 Å². The number of rotatable bonds is 5. The van der Waals surface area contributed by atoms with Crippen LogP contribution < -0.4 is 5.32 Å². The Balaban J connectivity index is 1.45. The van der Waals surface area contributed by atoms with E-state index in [-0.39, 0.29) is 0 Å². The zero-order valence-electron chi connectivity index (χ0n) is 13.2. The van der Waals surface area contributed by atoms with Crippen molar-refractivity contribution in [2.24, 2.45) is 13.0 Å². The van der Waals surface area contributed by atoms with Crippen LogP contribution in [0.25, 0.3) is 11.4 Å². The summed E-state index contributed by atoms with van der Waals surface area (Å²) in [6, 6.07) is 6.16. The lowest BCUT2D eigenvalue weighted by Gasteiger charge is -2.06. The maximum atomic E-state index is 5.91. The quantitative estimate of drug-likeness (QED) is 0.784. The van der Waals surface area contributed by atoms with Crippen molar-refractivity contribution in [3.8, 4) is 11.4 Å². The van der Waals surface area contributed by atoms with E-state index >= 15 is 0 Å². The number of furan rings is 1. The number of nitrogens with zero attached hydrogens (tertiary/aromatic N) is 4. The maximum Gasteiger partial charge on any atom is 0.165 e. The summed E-state index contributed by atoms with van der Waals surface area (Å²) in [6.45, 7) is 2.90. The van der Waals surface area contributed by atoms with E-state index in [9.17, 15) is 0 Å². The Morgan fingerprint density at radius 1 is 1.35 bits per heavy atom. The third-order valence-electron chi connectivity index (χ3n) is 4.33. The molecule has 0 amide bonds. The number of hydrogen-bond acceptors (Lipinski definition) is 5. The smallest absolute Gasteiger partial charge is 0.165 e. The minimum atomic E-state index is 0.615. The molecular formula is C17H19N5O. The summed E-state index contributed by atoms with van der Waals surface area (Å²) < 4.78 is 7.78. The van der Waals surface area contributed by atoms with Crippen LogP contribution in [0.2, 0.25) is 0 Å². The Bertz CT molecular complexity index is 822. The van der Waals surface area contributed by atoms with Gasteiger partial charge in [0.15, 0.2) is 5.82 Å². The van der Waals surface area contributed by atoms with Gasteiger partial charge in [0, 0.05) is 30.9 Å². The van der Waals surface area contributed by atoms with Gasteiger partial charge in [-0.05, 0) is 30.5 Å². The third kappa shape index (κ3) is 2.84. The first-order valence-electron chi connectivity index (χ1n) is 7.82. The lowest BCUT2D eigenvalue weighted by molar-refractivity contribution is 0.468. The van der Waals surface area contributed by atoms with E-state index < -0.39 is 0 Å². The fraction of sp³-hybridized carbons (Fsp3) is 0.353. The van der Waals surface area contributed by atoms with Crippen molar-refractivity contribution in [1.82, 2.24) is 19.7 Å². The Kier molecular flexibility index (Phi) is 3.37. The van der Waals surface area contributed by atoms with Gasteiger partial charge in [-0.1, -0.05) is 6.92 Å². The molecule has 1 saturated carbocycles. The van der Waals surface area contributed by atoms with Crippen LogP contribution in [0.3, 0.4) is 0 Å². The molecule has 3 aromatic rings. The second-order valence-corrected chi connectivity index (χ2v) is 6.20. The molecule has 3 aromatic heterocycles. The van der Waals surface area contributed by atoms with E-state index in [4.69, 9.17) is 4.42 Å². The van der Waals surface area contributed by atoms with Gasteiger partial charge in [-0.3, -0.25) is 4.98 Å². The third-order valence-corrected chi connectivity index (χ3v) is 4.33. The van der Waals surface area contributed by atoms with Crippen molar-refractivity contribution in [2.45, 2.75) is 25.8 Å². The van der Waals surface area contributed by atoms with Crippen LogP contribution in [-0.4, -0.2) is 19.7 Å². The average molecular weight is 309 g/mol. The molecule has 23 heavy (non-hydrogen) atoms. The van der Waals surface area contributed by atoms with Gasteiger partial charge in [0.25, 0.3) is 0 Å². The van der Waals surface area contributed by atoms with E-state index in [2.05, 4.69) is 33.5 Å². The highest BCUT2D eigenvalue weighted by molar-refractivity contribution is 5.60. The second-order valence-electron chi connectivity index (χ2n) is 6.20. The molecule has 2 atom stereocenters. The highest BCUT2D eigenvalue weighted by atomic mass is 16.3. The minimum absolute atomic E-state index is 0.615. The number of aromatic nitrogens is 4. The van der Waals surface area contributed by atoms with Gasteiger partial charge in [-0.2, -0.15) is 0 Å². The van der Waals surface area contributed by atoms with Gasteiger partial charge >= 0.3 is 0 Å². The van der Waals surface area contributed by atoms with Crippen LogP contribution in [0.5, 0.6) is 0 Å². The molecule has 0 spiro atoms. The molecule has 1 aliphatic carbocycles. The van der Waals surface area contributed by atoms with E-state index in [0.717, 1.165) is 34.5 Å². The molecule has 1 N–H and O–H groups in total. The first kappa shape index (κ1) is 14.0. The van der Waals surface area contributed by atoms with Crippen LogP contribution in [0.1, 0.15) is 30.8 Å². The van der Waals surface area contributed by atoms with Crippen molar-refractivity contribution >= 4 is 5.69 Å². The molecule has 0 saturated heterocycles. The number of nitrogens with one attached hydrogen (secondary N) is 1. The van der Waals surface area contributed by atoms with E-state index in [1.54, 1.807) is 18.7 Å². The Hall–Kier alpha value is -2.63. The minimum Gasteiger partial charge on any atom is -0.464 e. The van der Waals surface area contributed by atoms with Crippen LogP contribution >= 0.6 is 0 Å². The second kappa shape index (κ2) is 5.53. The zero-order chi connectivity index (χ0) is 15.8. The predicted molar refractivity (Wildman–Crippen MR) is 86.8 cm³/mol. The number of hydrogen-bond donors (Lipinski definition) is 1. The van der Waals surface area contributed by atoms with Crippen molar-refractivity contribution in [2.75, 3.05) is 5.32 Å². The molecule has 1 fully saturated rings. The molecule has 0 radical (unpaired) electrons. The standard InChI is InChI=1S/C17H19N5O/c1-11-5-15(11)16-4-3-14(23-16)9-19-13-6-12(7-18-8-13)17-21-20-10-22(17)2/h3-4,6-8,10-11,15,19H,5,9H2,1-2H3/t11-,15-/m1/s1. The van der Waals surface area contributed by atoms with Gasteiger partial charge in [0.1, 0.15) is 17.8 Å². The first-order valence-corrected chi connectivity index (χ1v) is 7.82. The first-order chi connectivity index (χ1) is 11.2. The molecular weight excluding hydrogens is 290 g/mol. The predicted octanol–water partition coefficient (Wildman–Crippen LogP) is 3.21. The molecule has 0 aliphatic heterocycles. The highest BCUT2D eigenvalue weighted by Gasteiger charge is 2.36. The molecule has 1 aliphatic rings. The molecule has 6 heteroatoms. The lowest BCUT2D eigenvalue weighted by atomic mass is 10.2. The highest BCUT2D eigenvalue weighted by Crippen LogP contribution is 2.47. The Morgan fingerprint density at radius 2 is 2.22 bits per heavy atom. The molecule has 0 bridgehead atoms. The topological polar surface area (TPSA) is 68.8 Å². The number of pyridine rings is 1. The maximum absolute atomic E-state index is 5.91. The van der Waals surface area contributed by atoms with Gasteiger partial charge < -0.3 is 14.3 Å². The molecule has 0 unspecified atom stereocenters.